The van der Waals surface area contributed by atoms with Crippen LogP contribution in [0.4, 0.5) is 9.18 Å². The summed E-state index contributed by atoms with van der Waals surface area (Å²) in [6.45, 7) is 15.7. The van der Waals surface area contributed by atoms with Gasteiger partial charge in [0.15, 0.2) is 34.6 Å². The largest absolute Gasteiger partial charge is 0.490 e. The van der Waals surface area contributed by atoms with E-state index in [1.165, 1.54) is 4.90 Å². The maximum Gasteiger partial charge on any atom is 0.412 e. The van der Waals surface area contributed by atoms with E-state index in [9.17, 15) is 9.59 Å². The number of hydrogen-bond acceptors (Lipinski definition) is 7. The minimum atomic E-state index is -0.669. The average Bonchev–Trinajstić information content (AvgIpc) is 3.16. The highest BCUT2D eigenvalue weighted by molar-refractivity contribution is 6.06. The summed E-state index contributed by atoms with van der Waals surface area (Å²) in [6.07, 6.45) is -0.622. The molecule has 2 N–H and O–H groups in total. The zero-order valence-electron chi connectivity index (χ0n) is 24.6. The molecule has 1 aliphatic rings. The number of amidine groups is 1. The molecule has 0 atom stereocenters. The van der Waals surface area contributed by atoms with Crippen LogP contribution >= 0.6 is 0 Å². The Hall–Kier alpha value is -3.82. The second-order valence-electron chi connectivity index (χ2n) is 10.8. The molecule has 0 unspecified atom stereocenters. The van der Waals surface area contributed by atoms with E-state index in [1.54, 1.807) is 39.0 Å². The third kappa shape index (κ3) is 6.66. The van der Waals surface area contributed by atoms with E-state index in [4.69, 9.17) is 24.4 Å². The molecule has 1 aliphatic heterocycles. The van der Waals surface area contributed by atoms with E-state index in [0.29, 0.717) is 29.9 Å². The number of halogens is 1. The van der Waals surface area contributed by atoms with Gasteiger partial charge in [0.2, 0.25) is 0 Å². The van der Waals surface area contributed by atoms with Crippen LogP contribution in [0.1, 0.15) is 82.4 Å². The first-order valence-electron chi connectivity index (χ1n) is 13.6. The number of Topliss-reactive ketones (excluding diaryl/α,β-unsaturated/α-hetero) is 1. The molecule has 0 spiro atoms. The Morgan fingerprint density at radius 2 is 1.60 bits per heavy atom. The number of nitrogens with zero attached hydrogens (tertiary/aromatic N) is 1. The van der Waals surface area contributed by atoms with E-state index < -0.39 is 17.3 Å². The van der Waals surface area contributed by atoms with Crippen molar-refractivity contribution in [2.75, 3.05) is 26.4 Å². The Kier molecular flexibility index (Phi) is 9.65. The molecule has 0 aliphatic carbocycles. The normalized spacial score (nSPS) is 12.8. The molecule has 1 heterocycles. The fraction of sp³-hybridized carbons (Fsp3) is 0.500. The van der Waals surface area contributed by atoms with Crippen LogP contribution in [0.15, 0.2) is 18.2 Å². The molecule has 0 saturated carbocycles. The summed E-state index contributed by atoms with van der Waals surface area (Å²) >= 11 is 0. The lowest BCUT2D eigenvalue weighted by atomic mass is 9.84. The summed E-state index contributed by atoms with van der Waals surface area (Å²) in [5.41, 5.74) is 1.10. The summed E-state index contributed by atoms with van der Waals surface area (Å²) in [6, 6.07) is 4.79. The Bertz CT molecular complexity index is 1290. The molecule has 0 radical (unpaired) electrons. The zero-order chi connectivity index (χ0) is 29.8. The molecule has 2 aromatic carbocycles. The van der Waals surface area contributed by atoms with E-state index in [1.807, 2.05) is 34.6 Å². The number of nitrogens with one attached hydrogen (secondary N) is 2. The van der Waals surface area contributed by atoms with Gasteiger partial charge in [-0.15, -0.1) is 0 Å². The van der Waals surface area contributed by atoms with Gasteiger partial charge >= 0.3 is 6.09 Å². The highest BCUT2D eigenvalue weighted by atomic mass is 19.1. The Labute approximate surface area is 235 Å². The van der Waals surface area contributed by atoms with Crippen molar-refractivity contribution < 1.29 is 32.9 Å². The fourth-order valence-electron chi connectivity index (χ4n) is 4.47. The average molecular weight is 558 g/mol. The lowest BCUT2D eigenvalue weighted by Crippen LogP contribution is -2.33. The standard InChI is InChI=1S/C30H40FN3O6/c1-9-37-22-13-18(12-20(30(6,7)8)26(22)40-29(36)33-17(4)5)21(35)16-34-15-19-14-23(38-10-2)27(39-11-3)25(31)24(19)28(34)32/h12-14,17,32H,9-11,15-16H2,1-8H3,(H,33,36). The predicted octanol–water partition coefficient (Wildman–Crippen LogP) is 5.84. The van der Waals surface area contributed by atoms with Crippen molar-refractivity contribution in [1.29, 1.82) is 5.41 Å². The highest BCUT2D eigenvalue weighted by Crippen LogP contribution is 2.41. The van der Waals surface area contributed by atoms with Crippen LogP contribution in [0.2, 0.25) is 0 Å². The Balaban J connectivity index is 1.96. The second-order valence-corrected chi connectivity index (χ2v) is 10.8. The minimum Gasteiger partial charge on any atom is -0.490 e. The van der Waals surface area contributed by atoms with E-state index in [-0.39, 0.29) is 65.9 Å². The molecule has 0 saturated heterocycles. The molecular formula is C30H40FN3O6. The van der Waals surface area contributed by atoms with Gasteiger partial charge in [-0.05, 0) is 63.8 Å². The SMILES string of the molecule is CCOc1cc(C(=O)CN2Cc3cc(OCC)c(OCC)c(F)c3C2=N)cc(C(C)(C)C)c1OC(=O)NC(C)C. The van der Waals surface area contributed by atoms with Crippen molar-refractivity contribution in [2.45, 2.75) is 73.4 Å². The zero-order valence-corrected chi connectivity index (χ0v) is 24.6. The van der Waals surface area contributed by atoms with Gasteiger partial charge in [-0.2, -0.15) is 0 Å². The molecule has 2 aromatic rings. The monoisotopic (exact) mass is 557 g/mol. The summed E-state index contributed by atoms with van der Waals surface area (Å²) < 4.78 is 38.0. The summed E-state index contributed by atoms with van der Waals surface area (Å²) in [7, 11) is 0. The molecule has 40 heavy (non-hydrogen) atoms. The Morgan fingerprint density at radius 3 is 2.15 bits per heavy atom. The first-order chi connectivity index (χ1) is 18.8. The molecular weight excluding hydrogens is 517 g/mol. The van der Waals surface area contributed by atoms with Gasteiger partial charge in [0.1, 0.15) is 5.84 Å². The summed E-state index contributed by atoms with van der Waals surface area (Å²) in [5.74, 6) is -0.305. The predicted molar refractivity (Wildman–Crippen MR) is 151 cm³/mol. The van der Waals surface area contributed by atoms with Crippen molar-refractivity contribution in [3.05, 3.63) is 46.3 Å². The Morgan fingerprint density at radius 1 is 1.00 bits per heavy atom. The van der Waals surface area contributed by atoms with Crippen molar-refractivity contribution in [3.63, 3.8) is 0 Å². The van der Waals surface area contributed by atoms with Crippen LogP contribution in [0.5, 0.6) is 23.0 Å². The first-order valence-corrected chi connectivity index (χ1v) is 13.6. The van der Waals surface area contributed by atoms with Gasteiger partial charge in [0.25, 0.3) is 0 Å². The topological polar surface area (TPSA) is 110 Å². The van der Waals surface area contributed by atoms with Gasteiger partial charge in [0.05, 0.1) is 31.9 Å². The van der Waals surface area contributed by atoms with Gasteiger partial charge in [-0.25, -0.2) is 9.18 Å². The van der Waals surface area contributed by atoms with E-state index in [2.05, 4.69) is 5.32 Å². The van der Waals surface area contributed by atoms with Crippen LogP contribution < -0.4 is 24.3 Å². The summed E-state index contributed by atoms with van der Waals surface area (Å²) in [5, 5.41) is 11.4. The molecule has 9 nitrogen and oxygen atoms in total. The minimum absolute atomic E-state index is 0.0331. The van der Waals surface area contributed by atoms with Gasteiger partial charge < -0.3 is 29.2 Å². The molecule has 0 fully saturated rings. The third-order valence-corrected chi connectivity index (χ3v) is 6.19. The second kappa shape index (κ2) is 12.6. The van der Waals surface area contributed by atoms with Crippen LogP contribution in [-0.4, -0.2) is 55.0 Å². The lowest BCUT2D eigenvalue weighted by molar-refractivity contribution is 0.0962. The number of carbonyl (C=O) groups is 2. The molecule has 3 rings (SSSR count). The quantitative estimate of drug-likeness (QED) is 0.334. The number of benzene rings is 2. The van der Waals surface area contributed by atoms with Crippen molar-refractivity contribution in [2.24, 2.45) is 0 Å². The maximum atomic E-state index is 15.5. The molecule has 10 heteroatoms. The number of hydrogen-bond donors (Lipinski definition) is 2. The van der Waals surface area contributed by atoms with Crippen LogP contribution in [0, 0.1) is 11.2 Å². The number of ketones is 1. The fourth-order valence-corrected chi connectivity index (χ4v) is 4.47. The highest BCUT2D eigenvalue weighted by Gasteiger charge is 2.34. The van der Waals surface area contributed by atoms with Gasteiger partial charge in [-0.1, -0.05) is 20.8 Å². The molecule has 218 valence electrons. The molecule has 1 amide bonds. The van der Waals surface area contributed by atoms with Crippen molar-refractivity contribution in [3.8, 4) is 23.0 Å². The van der Waals surface area contributed by atoms with Crippen LogP contribution in [-0.2, 0) is 12.0 Å². The van der Waals surface area contributed by atoms with Crippen LogP contribution in [0.3, 0.4) is 0 Å². The lowest BCUT2D eigenvalue weighted by Gasteiger charge is -2.26. The smallest absolute Gasteiger partial charge is 0.412 e. The molecule has 0 aromatic heterocycles. The van der Waals surface area contributed by atoms with Crippen molar-refractivity contribution in [1.82, 2.24) is 10.2 Å². The van der Waals surface area contributed by atoms with E-state index in [0.717, 1.165) is 0 Å². The van der Waals surface area contributed by atoms with E-state index >= 15 is 4.39 Å². The van der Waals surface area contributed by atoms with Gasteiger partial charge in [0, 0.05) is 23.7 Å². The number of ether oxygens (including phenoxy) is 4. The van der Waals surface area contributed by atoms with Gasteiger partial charge in [-0.3, -0.25) is 10.2 Å². The number of carbonyl (C=O) groups excluding carboxylic acids is 2. The maximum absolute atomic E-state index is 15.5. The summed E-state index contributed by atoms with van der Waals surface area (Å²) in [4.78, 5) is 27.6. The van der Waals surface area contributed by atoms with Crippen LogP contribution in [0.25, 0.3) is 0 Å². The number of amides is 1. The number of fused-ring (bicyclic) bond motifs is 1. The third-order valence-electron chi connectivity index (χ3n) is 6.19. The van der Waals surface area contributed by atoms with Crippen molar-refractivity contribution >= 4 is 17.7 Å². The molecule has 0 bridgehead atoms. The number of rotatable bonds is 11. The first kappa shape index (κ1) is 30.7.